The van der Waals surface area contributed by atoms with Crippen LogP contribution in [0.25, 0.3) is 0 Å². The Hall–Kier alpha value is -0.730. The van der Waals surface area contributed by atoms with Crippen molar-refractivity contribution >= 4 is 17.3 Å². The molecular weight excluding hydrogens is 220 g/mol. The molecule has 3 heteroatoms. The fraction of sp³-hybridized carbons (Fsp3) is 0.538. The number of hydrogen-bond donors (Lipinski definition) is 1. The first-order valence-corrected chi connectivity index (χ1v) is 6.31. The second kappa shape index (κ2) is 5.55. The maximum Gasteiger partial charge on any atom is 0.0426 e. The average molecular weight is 239 g/mol. The monoisotopic (exact) mass is 238 g/mol. The zero-order chi connectivity index (χ0) is 11.4. The van der Waals surface area contributed by atoms with E-state index in [-0.39, 0.29) is 0 Å². The van der Waals surface area contributed by atoms with E-state index in [2.05, 4.69) is 23.3 Å². The highest BCUT2D eigenvalue weighted by molar-refractivity contribution is 6.30. The zero-order valence-electron chi connectivity index (χ0n) is 9.75. The lowest BCUT2D eigenvalue weighted by atomic mass is 9.99. The van der Waals surface area contributed by atoms with Gasteiger partial charge in [-0.15, -0.1) is 0 Å². The number of hydrogen-bond acceptors (Lipinski definition) is 2. The number of anilines is 1. The van der Waals surface area contributed by atoms with Crippen LogP contribution in [0.2, 0.25) is 5.02 Å². The molecule has 0 saturated carbocycles. The molecule has 0 radical (unpaired) electrons. The summed E-state index contributed by atoms with van der Waals surface area (Å²) < 4.78 is 0. The molecule has 1 heterocycles. The molecule has 0 aliphatic carbocycles. The molecule has 88 valence electrons. The molecule has 1 fully saturated rings. The van der Waals surface area contributed by atoms with Crippen LogP contribution >= 0.6 is 11.6 Å². The van der Waals surface area contributed by atoms with Crippen LogP contribution in [0.3, 0.4) is 0 Å². The Morgan fingerprint density at radius 1 is 1.50 bits per heavy atom. The second-order valence-corrected chi connectivity index (χ2v) is 5.01. The maximum atomic E-state index is 5.99. The van der Waals surface area contributed by atoms with Gasteiger partial charge < -0.3 is 10.2 Å². The van der Waals surface area contributed by atoms with E-state index in [1.54, 1.807) is 0 Å². The van der Waals surface area contributed by atoms with Gasteiger partial charge in [-0.3, -0.25) is 0 Å². The first-order chi connectivity index (χ1) is 7.75. The molecule has 1 saturated heterocycles. The summed E-state index contributed by atoms with van der Waals surface area (Å²) in [6.07, 6.45) is 2.63. The minimum atomic E-state index is 0.762. The van der Waals surface area contributed by atoms with Gasteiger partial charge in [-0.25, -0.2) is 0 Å². The lowest BCUT2D eigenvalue weighted by molar-refractivity contribution is 0.381. The van der Waals surface area contributed by atoms with E-state index in [0.29, 0.717) is 0 Å². The van der Waals surface area contributed by atoms with Crippen LogP contribution in [0.15, 0.2) is 24.3 Å². The highest BCUT2D eigenvalue weighted by Gasteiger charge is 2.15. The summed E-state index contributed by atoms with van der Waals surface area (Å²) in [7, 11) is 2.14. The van der Waals surface area contributed by atoms with Crippen LogP contribution in [-0.4, -0.2) is 26.7 Å². The van der Waals surface area contributed by atoms with Gasteiger partial charge in [0.25, 0.3) is 0 Å². The third kappa shape index (κ3) is 3.13. The van der Waals surface area contributed by atoms with Crippen molar-refractivity contribution in [1.82, 2.24) is 5.32 Å². The molecule has 1 aliphatic heterocycles. The number of nitrogens with one attached hydrogen (secondary N) is 1. The van der Waals surface area contributed by atoms with Gasteiger partial charge in [0.1, 0.15) is 0 Å². The number of halogens is 1. The summed E-state index contributed by atoms with van der Waals surface area (Å²) in [4.78, 5) is 2.30. The second-order valence-electron chi connectivity index (χ2n) is 4.57. The van der Waals surface area contributed by atoms with Crippen LogP contribution in [0.5, 0.6) is 0 Å². The molecule has 1 unspecified atom stereocenters. The molecule has 1 aromatic carbocycles. The summed E-state index contributed by atoms with van der Waals surface area (Å²) in [6, 6.07) is 8.06. The van der Waals surface area contributed by atoms with E-state index in [0.717, 1.165) is 24.0 Å². The molecule has 2 nitrogen and oxygen atoms in total. The molecule has 1 aromatic rings. The van der Waals surface area contributed by atoms with E-state index in [9.17, 15) is 0 Å². The first-order valence-electron chi connectivity index (χ1n) is 5.93. The smallest absolute Gasteiger partial charge is 0.0426 e. The van der Waals surface area contributed by atoms with E-state index in [4.69, 9.17) is 11.6 Å². The van der Waals surface area contributed by atoms with Crippen molar-refractivity contribution in [2.75, 3.05) is 31.6 Å². The van der Waals surface area contributed by atoms with Crippen molar-refractivity contribution in [2.24, 2.45) is 5.92 Å². The van der Waals surface area contributed by atoms with Crippen LogP contribution in [0, 0.1) is 5.92 Å². The van der Waals surface area contributed by atoms with E-state index < -0.39 is 0 Å². The molecule has 2 rings (SSSR count). The van der Waals surface area contributed by atoms with Gasteiger partial charge in [0, 0.05) is 24.3 Å². The predicted molar refractivity (Wildman–Crippen MR) is 70.3 cm³/mol. The van der Waals surface area contributed by atoms with E-state index in [1.165, 1.54) is 25.1 Å². The Morgan fingerprint density at radius 3 is 3.06 bits per heavy atom. The van der Waals surface area contributed by atoms with Gasteiger partial charge in [0.15, 0.2) is 0 Å². The van der Waals surface area contributed by atoms with Gasteiger partial charge in [0.05, 0.1) is 0 Å². The van der Waals surface area contributed by atoms with Gasteiger partial charge >= 0.3 is 0 Å². The summed E-state index contributed by atoms with van der Waals surface area (Å²) in [5, 5.41) is 4.26. The summed E-state index contributed by atoms with van der Waals surface area (Å²) in [5.41, 5.74) is 1.21. The standard InChI is InChI=1S/C13H19ClN2/c1-16(10-11-4-3-7-15-9-11)13-6-2-5-12(14)8-13/h2,5-6,8,11,15H,3-4,7,9-10H2,1H3. The maximum absolute atomic E-state index is 5.99. The molecule has 16 heavy (non-hydrogen) atoms. The minimum Gasteiger partial charge on any atom is -0.374 e. The zero-order valence-corrected chi connectivity index (χ0v) is 10.5. The predicted octanol–water partition coefficient (Wildman–Crippen LogP) is 2.78. The molecule has 0 bridgehead atoms. The number of rotatable bonds is 3. The van der Waals surface area contributed by atoms with Gasteiger partial charge in [-0.05, 0) is 50.0 Å². The number of piperidine rings is 1. The Labute approximate surface area is 103 Å². The van der Waals surface area contributed by atoms with Crippen molar-refractivity contribution in [1.29, 1.82) is 0 Å². The summed E-state index contributed by atoms with van der Waals surface area (Å²) in [6.45, 7) is 3.43. The quantitative estimate of drug-likeness (QED) is 0.871. The third-order valence-corrected chi connectivity index (χ3v) is 3.42. The van der Waals surface area contributed by atoms with Gasteiger partial charge in [0.2, 0.25) is 0 Å². The van der Waals surface area contributed by atoms with E-state index in [1.807, 2.05) is 18.2 Å². The highest BCUT2D eigenvalue weighted by Crippen LogP contribution is 2.20. The Morgan fingerprint density at radius 2 is 2.38 bits per heavy atom. The van der Waals surface area contributed by atoms with Crippen molar-refractivity contribution in [3.63, 3.8) is 0 Å². The summed E-state index contributed by atoms with van der Waals surface area (Å²) >= 11 is 5.99. The largest absolute Gasteiger partial charge is 0.374 e. The highest BCUT2D eigenvalue weighted by atomic mass is 35.5. The molecule has 0 amide bonds. The van der Waals surface area contributed by atoms with Gasteiger partial charge in [-0.1, -0.05) is 17.7 Å². The Balaban J connectivity index is 1.94. The number of benzene rings is 1. The van der Waals surface area contributed by atoms with Crippen LogP contribution < -0.4 is 10.2 Å². The van der Waals surface area contributed by atoms with Crippen LogP contribution in [0.4, 0.5) is 5.69 Å². The van der Waals surface area contributed by atoms with E-state index >= 15 is 0 Å². The molecule has 0 aromatic heterocycles. The Kier molecular flexibility index (Phi) is 4.08. The summed E-state index contributed by atoms with van der Waals surface area (Å²) in [5.74, 6) is 0.762. The third-order valence-electron chi connectivity index (χ3n) is 3.18. The Bertz CT molecular complexity index is 334. The van der Waals surface area contributed by atoms with Crippen molar-refractivity contribution in [2.45, 2.75) is 12.8 Å². The normalized spacial score (nSPS) is 20.8. The van der Waals surface area contributed by atoms with Crippen LogP contribution in [0.1, 0.15) is 12.8 Å². The SMILES string of the molecule is CN(CC1CCCNC1)c1cccc(Cl)c1. The van der Waals surface area contributed by atoms with Gasteiger partial charge in [-0.2, -0.15) is 0 Å². The number of nitrogens with zero attached hydrogens (tertiary/aromatic N) is 1. The average Bonchev–Trinajstić information content (AvgIpc) is 2.30. The fourth-order valence-electron chi connectivity index (χ4n) is 2.29. The van der Waals surface area contributed by atoms with Crippen LogP contribution in [-0.2, 0) is 0 Å². The molecule has 1 atom stereocenters. The lowest BCUT2D eigenvalue weighted by Gasteiger charge is -2.29. The van der Waals surface area contributed by atoms with Crippen molar-refractivity contribution < 1.29 is 0 Å². The first kappa shape index (κ1) is 11.7. The molecule has 0 spiro atoms. The molecular formula is C13H19ClN2. The molecule has 1 N–H and O–H groups in total. The van der Waals surface area contributed by atoms with Crippen molar-refractivity contribution in [3.05, 3.63) is 29.3 Å². The minimum absolute atomic E-state index is 0.762. The molecule has 1 aliphatic rings. The fourth-order valence-corrected chi connectivity index (χ4v) is 2.47. The topological polar surface area (TPSA) is 15.3 Å². The van der Waals surface area contributed by atoms with Crippen molar-refractivity contribution in [3.8, 4) is 0 Å². The lowest BCUT2D eigenvalue weighted by Crippen LogP contribution is -2.36.